The Bertz CT molecular complexity index is 1330. The second-order valence-corrected chi connectivity index (χ2v) is 12.2. The standard InChI is InChI=1S/C32H45N5O5/c1-20(2)28-29(38)33-21(3)18-37-16-8-9-26(35-37)30(39)36(6)22(4)25-13-12-24-11-10-23(17-27(24)34-25)14-15-32(5,19-41-7)31(40)42-28/h10-15,17,20-22,26,28,35H,8-9,16,18-19H2,1-7H3,(H,33,38)/b15-14+/t21-,22+,26-,28-,32+/m0/s1. The van der Waals surface area contributed by atoms with Crippen molar-refractivity contribution in [2.75, 3.05) is 33.9 Å². The molecule has 2 N–H and O–H groups in total. The summed E-state index contributed by atoms with van der Waals surface area (Å²) in [4.78, 5) is 47.1. The molecule has 5 bridgehead atoms. The van der Waals surface area contributed by atoms with Crippen LogP contribution in [0, 0.1) is 11.3 Å². The summed E-state index contributed by atoms with van der Waals surface area (Å²) in [5, 5.41) is 5.97. The third-order valence-electron chi connectivity index (χ3n) is 8.19. The molecule has 1 aromatic heterocycles. The number of cyclic esters (lactones) is 1. The molecule has 0 saturated carbocycles. The highest BCUT2D eigenvalue weighted by Crippen LogP contribution is 2.27. The van der Waals surface area contributed by atoms with Crippen LogP contribution in [-0.4, -0.2) is 84.7 Å². The van der Waals surface area contributed by atoms with E-state index in [1.165, 1.54) is 7.11 Å². The van der Waals surface area contributed by atoms with Crippen LogP contribution in [0.5, 0.6) is 0 Å². The Morgan fingerprint density at radius 2 is 1.90 bits per heavy atom. The molecule has 1 saturated heterocycles. The van der Waals surface area contributed by atoms with E-state index >= 15 is 0 Å². The van der Waals surface area contributed by atoms with E-state index < -0.39 is 17.5 Å². The van der Waals surface area contributed by atoms with Gasteiger partial charge in [0.2, 0.25) is 5.91 Å². The lowest BCUT2D eigenvalue weighted by molar-refractivity contribution is -0.167. The molecule has 2 aliphatic heterocycles. The molecule has 10 nitrogen and oxygen atoms in total. The van der Waals surface area contributed by atoms with Crippen molar-refractivity contribution in [3.63, 3.8) is 0 Å². The number of hydrazine groups is 1. The van der Waals surface area contributed by atoms with Crippen LogP contribution in [0.2, 0.25) is 0 Å². The maximum Gasteiger partial charge on any atom is 0.318 e. The number of likely N-dealkylation sites (N-methyl/N-ethyl adjacent to an activating group) is 1. The molecule has 0 aliphatic carbocycles. The summed E-state index contributed by atoms with van der Waals surface area (Å²) in [5.41, 5.74) is 4.68. The molecule has 42 heavy (non-hydrogen) atoms. The summed E-state index contributed by atoms with van der Waals surface area (Å²) in [6.07, 6.45) is 4.21. The van der Waals surface area contributed by atoms with Gasteiger partial charge in [-0.1, -0.05) is 44.2 Å². The number of methoxy groups -OCH3 is 1. The Morgan fingerprint density at radius 1 is 1.17 bits per heavy atom. The van der Waals surface area contributed by atoms with Gasteiger partial charge in [-0.2, -0.15) is 0 Å². The van der Waals surface area contributed by atoms with E-state index in [2.05, 4.69) is 10.7 Å². The number of hydrogen-bond donors (Lipinski definition) is 2. The predicted octanol–water partition coefficient (Wildman–Crippen LogP) is 3.48. The first-order valence-electron chi connectivity index (χ1n) is 14.8. The Morgan fingerprint density at radius 3 is 2.62 bits per heavy atom. The molecule has 1 unspecified atom stereocenters. The molecule has 2 aliphatic rings. The average molecular weight is 580 g/mol. The molecule has 3 heterocycles. The number of nitrogens with zero attached hydrogens (tertiary/aromatic N) is 3. The second-order valence-electron chi connectivity index (χ2n) is 12.2. The molecule has 2 aromatic rings. The van der Waals surface area contributed by atoms with E-state index in [9.17, 15) is 14.4 Å². The van der Waals surface area contributed by atoms with Crippen LogP contribution in [0.3, 0.4) is 0 Å². The summed E-state index contributed by atoms with van der Waals surface area (Å²) in [6, 6.07) is 9.01. The number of ether oxygens (including phenoxy) is 2. The lowest BCUT2D eigenvalue weighted by Gasteiger charge is -2.37. The Hall–Kier alpha value is -3.34. The fraction of sp³-hybridized carbons (Fsp3) is 0.562. The Balaban J connectivity index is 1.74. The zero-order valence-corrected chi connectivity index (χ0v) is 25.8. The quantitative estimate of drug-likeness (QED) is 0.532. The summed E-state index contributed by atoms with van der Waals surface area (Å²) >= 11 is 0. The molecule has 1 aromatic carbocycles. The molecule has 6 atom stereocenters. The van der Waals surface area contributed by atoms with Gasteiger partial charge >= 0.3 is 5.97 Å². The zero-order valence-electron chi connectivity index (χ0n) is 25.8. The van der Waals surface area contributed by atoms with Crippen molar-refractivity contribution in [1.29, 1.82) is 0 Å². The number of fused-ring (bicyclic) bond motifs is 4. The molecule has 2 amide bonds. The van der Waals surface area contributed by atoms with E-state index in [4.69, 9.17) is 14.5 Å². The zero-order chi connectivity index (χ0) is 30.6. The number of benzene rings is 1. The van der Waals surface area contributed by atoms with Crippen LogP contribution in [0.4, 0.5) is 0 Å². The molecule has 4 rings (SSSR count). The highest BCUT2D eigenvalue weighted by molar-refractivity contribution is 5.87. The first kappa shape index (κ1) is 31.6. The van der Waals surface area contributed by atoms with Gasteiger partial charge in [0, 0.05) is 38.7 Å². The summed E-state index contributed by atoms with van der Waals surface area (Å²) in [5.74, 6) is -1.14. The summed E-state index contributed by atoms with van der Waals surface area (Å²) < 4.78 is 11.3. The van der Waals surface area contributed by atoms with Crippen molar-refractivity contribution in [1.82, 2.24) is 25.6 Å². The maximum absolute atomic E-state index is 13.6. The second kappa shape index (κ2) is 13.3. The Kier molecular flexibility index (Phi) is 10.0. The third-order valence-corrected chi connectivity index (χ3v) is 8.19. The van der Waals surface area contributed by atoms with Crippen molar-refractivity contribution in [2.24, 2.45) is 11.3 Å². The van der Waals surface area contributed by atoms with Crippen LogP contribution < -0.4 is 10.7 Å². The molecule has 10 heteroatoms. The number of hydrogen-bond acceptors (Lipinski definition) is 8. The molecule has 0 spiro atoms. The van der Waals surface area contributed by atoms with Gasteiger partial charge in [-0.05, 0) is 57.2 Å². The van der Waals surface area contributed by atoms with Gasteiger partial charge in [-0.3, -0.25) is 19.4 Å². The van der Waals surface area contributed by atoms with Gasteiger partial charge < -0.3 is 19.7 Å². The fourth-order valence-corrected chi connectivity index (χ4v) is 5.48. The molecular formula is C32H45N5O5. The van der Waals surface area contributed by atoms with Crippen LogP contribution >= 0.6 is 0 Å². The maximum atomic E-state index is 13.6. The molecule has 1 fully saturated rings. The monoisotopic (exact) mass is 579 g/mol. The number of carbonyl (C=O) groups excluding carboxylic acids is 3. The van der Waals surface area contributed by atoms with Gasteiger partial charge in [-0.25, -0.2) is 10.4 Å². The van der Waals surface area contributed by atoms with Crippen molar-refractivity contribution >= 4 is 34.8 Å². The third kappa shape index (κ3) is 7.17. The minimum atomic E-state index is -1.12. The van der Waals surface area contributed by atoms with E-state index in [1.807, 2.05) is 76.2 Å². The van der Waals surface area contributed by atoms with Gasteiger partial charge in [0.05, 0.1) is 23.9 Å². The first-order valence-corrected chi connectivity index (χ1v) is 14.8. The van der Waals surface area contributed by atoms with Crippen molar-refractivity contribution in [2.45, 2.75) is 71.7 Å². The average Bonchev–Trinajstić information content (AvgIpc) is 2.96. The number of nitrogens with one attached hydrogen (secondary N) is 2. The minimum Gasteiger partial charge on any atom is -0.451 e. The normalized spacial score (nSPS) is 30.7. The van der Waals surface area contributed by atoms with E-state index in [0.29, 0.717) is 6.54 Å². The smallest absolute Gasteiger partial charge is 0.318 e. The lowest BCUT2D eigenvalue weighted by Crippen LogP contribution is -2.59. The van der Waals surface area contributed by atoms with Gasteiger partial charge in [-0.15, -0.1) is 0 Å². The van der Waals surface area contributed by atoms with Gasteiger partial charge in [0.25, 0.3) is 5.91 Å². The van der Waals surface area contributed by atoms with Crippen molar-refractivity contribution in [3.8, 4) is 0 Å². The minimum absolute atomic E-state index is 0.00225. The van der Waals surface area contributed by atoms with Crippen molar-refractivity contribution in [3.05, 3.63) is 47.7 Å². The number of aromatic nitrogens is 1. The molecular weight excluding hydrogens is 534 g/mol. The first-order chi connectivity index (χ1) is 19.9. The fourth-order valence-electron chi connectivity index (χ4n) is 5.48. The van der Waals surface area contributed by atoms with E-state index in [0.717, 1.165) is 41.5 Å². The highest BCUT2D eigenvalue weighted by atomic mass is 16.6. The largest absolute Gasteiger partial charge is 0.451 e. The molecule has 0 radical (unpaired) electrons. The van der Waals surface area contributed by atoms with E-state index in [1.54, 1.807) is 17.9 Å². The number of amides is 2. The summed E-state index contributed by atoms with van der Waals surface area (Å²) in [6.45, 7) is 10.7. The van der Waals surface area contributed by atoms with Crippen LogP contribution in [0.25, 0.3) is 17.0 Å². The van der Waals surface area contributed by atoms with Crippen LogP contribution in [-0.2, 0) is 23.9 Å². The number of carbonyl (C=O) groups is 3. The predicted molar refractivity (Wildman–Crippen MR) is 162 cm³/mol. The van der Waals surface area contributed by atoms with Crippen molar-refractivity contribution < 1.29 is 23.9 Å². The number of pyridine rings is 1. The van der Waals surface area contributed by atoms with Crippen LogP contribution in [0.15, 0.2) is 36.4 Å². The summed E-state index contributed by atoms with van der Waals surface area (Å²) in [7, 11) is 3.35. The highest BCUT2D eigenvalue weighted by Gasteiger charge is 2.38. The van der Waals surface area contributed by atoms with E-state index in [-0.39, 0.29) is 42.5 Å². The Labute approximate surface area is 248 Å². The molecule has 228 valence electrons. The van der Waals surface area contributed by atoms with Crippen LogP contribution in [0.1, 0.15) is 64.8 Å². The topological polar surface area (TPSA) is 113 Å². The van der Waals surface area contributed by atoms with Gasteiger partial charge in [0.15, 0.2) is 6.10 Å². The number of rotatable bonds is 3. The SMILES string of the molecule is COC[C@@]1(C)/C=C/c2ccc3ccc(nc3c2)[C@@H](C)N(C)C(=O)[C@@H]2CCCN(C[C@H](C)NC(=O)[C@H](C(C)C)OC1=O)N2. The lowest BCUT2D eigenvalue weighted by atomic mass is 9.90. The van der Waals surface area contributed by atoms with Gasteiger partial charge in [0.1, 0.15) is 11.5 Å². The number of esters is 1.